The van der Waals surface area contributed by atoms with E-state index in [0.717, 1.165) is 68.1 Å². The van der Waals surface area contributed by atoms with Crippen molar-refractivity contribution in [3.05, 3.63) is 118 Å². The van der Waals surface area contributed by atoms with E-state index in [9.17, 15) is 9.18 Å². The number of nitrogens with one attached hydrogen (secondary N) is 1. The summed E-state index contributed by atoms with van der Waals surface area (Å²) >= 11 is 12.1. The largest absolute Gasteiger partial charge is 0.473 e. The fourth-order valence-electron chi connectivity index (χ4n) is 6.63. The molecular weight excluding hydrogens is 680 g/mol. The number of pyridine rings is 2. The zero-order valence-electron chi connectivity index (χ0n) is 27.1. The van der Waals surface area contributed by atoms with Crippen molar-refractivity contribution in [2.24, 2.45) is 0 Å². The van der Waals surface area contributed by atoms with E-state index in [1.165, 1.54) is 6.07 Å². The Bertz CT molecular complexity index is 2190. The molecule has 10 nitrogen and oxygen atoms in total. The Labute approximate surface area is 297 Å². The Kier molecular flexibility index (Phi) is 9.13. The highest BCUT2D eigenvalue weighted by atomic mass is 35.5. The van der Waals surface area contributed by atoms with Crippen LogP contribution >= 0.6 is 23.2 Å². The smallest absolute Gasteiger partial charge is 0.255 e. The molecule has 6 heterocycles. The fourth-order valence-corrected chi connectivity index (χ4v) is 6.97. The molecular formula is C37H34Cl2FN7O3. The highest BCUT2D eigenvalue weighted by Crippen LogP contribution is 2.30. The summed E-state index contributed by atoms with van der Waals surface area (Å²) < 4.78 is 29.8. The zero-order chi connectivity index (χ0) is 34.2. The van der Waals surface area contributed by atoms with Gasteiger partial charge in [0.25, 0.3) is 5.91 Å². The van der Waals surface area contributed by atoms with Crippen LogP contribution in [0, 0.1) is 5.82 Å². The number of ether oxygens (including phenoxy) is 2. The minimum atomic E-state index is -0.396. The molecule has 2 fully saturated rings. The van der Waals surface area contributed by atoms with Crippen LogP contribution in [-0.4, -0.2) is 60.8 Å². The molecule has 2 aliphatic rings. The van der Waals surface area contributed by atoms with E-state index in [2.05, 4.69) is 19.9 Å². The molecule has 256 valence electrons. The SMILES string of the molecule is O=C(Nc1ccn2ncc(Cl)c2c1)c1ccc2c(c1)nc(CN1CCC(c3cccc(OCc4ccc(Cl)cc4F)n3)CC1)n2CC1CCO1. The normalized spacial score (nSPS) is 16.9. The number of halogens is 3. The van der Waals surface area contributed by atoms with Gasteiger partial charge in [0.15, 0.2) is 0 Å². The van der Waals surface area contributed by atoms with Crippen LogP contribution in [0.5, 0.6) is 5.88 Å². The molecule has 1 N–H and O–H groups in total. The third-order valence-electron chi connectivity index (χ3n) is 9.51. The number of rotatable bonds is 10. The van der Waals surface area contributed by atoms with Crippen molar-refractivity contribution >= 4 is 51.3 Å². The number of carbonyl (C=O) groups is 1. The summed E-state index contributed by atoms with van der Waals surface area (Å²) in [4.78, 5) is 25.5. The van der Waals surface area contributed by atoms with Gasteiger partial charge in [-0.15, -0.1) is 0 Å². The van der Waals surface area contributed by atoms with Gasteiger partial charge in [0.05, 0.1) is 47.0 Å². The Morgan fingerprint density at radius 3 is 2.66 bits per heavy atom. The first-order valence-corrected chi connectivity index (χ1v) is 17.4. The van der Waals surface area contributed by atoms with Crippen LogP contribution in [0.2, 0.25) is 10.0 Å². The van der Waals surface area contributed by atoms with Gasteiger partial charge >= 0.3 is 0 Å². The predicted molar refractivity (Wildman–Crippen MR) is 189 cm³/mol. The first-order chi connectivity index (χ1) is 24.4. The quantitative estimate of drug-likeness (QED) is 0.157. The molecule has 2 aromatic carbocycles. The van der Waals surface area contributed by atoms with Gasteiger partial charge in [-0.25, -0.2) is 18.9 Å². The summed E-state index contributed by atoms with van der Waals surface area (Å²) in [6, 6.07) is 19.6. The molecule has 1 amide bonds. The van der Waals surface area contributed by atoms with E-state index in [-0.39, 0.29) is 24.5 Å². The maximum atomic E-state index is 14.2. The van der Waals surface area contributed by atoms with Gasteiger partial charge in [-0.2, -0.15) is 5.10 Å². The van der Waals surface area contributed by atoms with Crippen molar-refractivity contribution in [2.45, 2.75) is 51.0 Å². The lowest BCUT2D eigenvalue weighted by atomic mass is 9.93. The van der Waals surface area contributed by atoms with Crippen molar-refractivity contribution in [1.29, 1.82) is 0 Å². The number of carbonyl (C=O) groups excluding carboxylic acids is 1. The number of hydrogen-bond acceptors (Lipinski definition) is 7. The predicted octanol–water partition coefficient (Wildman–Crippen LogP) is 7.52. The summed E-state index contributed by atoms with van der Waals surface area (Å²) in [5.41, 5.74) is 5.03. The molecule has 50 heavy (non-hydrogen) atoms. The van der Waals surface area contributed by atoms with Crippen LogP contribution in [0.4, 0.5) is 10.1 Å². The van der Waals surface area contributed by atoms with Gasteiger partial charge in [-0.05, 0) is 80.9 Å². The number of hydrogen-bond donors (Lipinski definition) is 1. The lowest BCUT2D eigenvalue weighted by molar-refractivity contribution is -0.0592. The van der Waals surface area contributed by atoms with Crippen molar-refractivity contribution in [2.75, 3.05) is 25.0 Å². The fraction of sp³-hybridized carbons (Fsp3) is 0.297. The number of amides is 1. The van der Waals surface area contributed by atoms with E-state index >= 15 is 0 Å². The van der Waals surface area contributed by atoms with E-state index in [1.54, 1.807) is 47.2 Å². The minimum Gasteiger partial charge on any atom is -0.473 e. The first kappa shape index (κ1) is 32.6. The number of imidazole rings is 1. The van der Waals surface area contributed by atoms with E-state index in [4.69, 9.17) is 42.6 Å². The Morgan fingerprint density at radius 1 is 1.00 bits per heavy atom. The highest BCUT2D eigenvalue weighted by Gasteiger charge is 2.26. The average Bonchev–Trinajstić information content (AvgIpc) is 3.64. The number of benzene rings is 2. The van der Waals surface area contributed by atoms with Crippen LogP contribution in [0.1, 0.15) is 52.6 Å². The molecule has 0 aliphatic carbocycles. The van der Waals surface area contributed by atoms with Crippen molar-refractivity contribution in [3.63, 3.8) is 0 Å². The number of anilines is 1. The Morgan fingerprint density at radius 2 is 1.86 bits per heavy atom. The van der Waals surface area contributed by atoms with Gasteiger partial charge in [-0.1, -0.05) is 35.3 Å². The second kappa shape index (κ2) is 14.0. The maximum Gasteiger partial charge on any atom is 0.255 e. The number of likely N-dealkylation sites (tertiary alicyclic amines) is 1. The lowest BCUT2D eigenvalue weighted by Gasteiger charge is -2.32. The molecule has 2 saturated heterocycles. The minimum absolute atomic E-state index is 0.0782. The van der Waals surface area contributed by atoms with Gasteiger partial charge in [0.1, 0.15) is 18.2 Å². The first-order valence-electron chi connectivity index (χ1n) is 16.7. The molecule has 0 saturated carbocycles. The van der Waals surface area contributed by atoms with Crippen LogP contribution in [0.15, 0.2) is 79.1 Å². The Hall–Kier alpha value is -4.55. The Balaban J connectivity index is 0.939. The molecule has 1 atom stereocenters. The molecule has 2 aliphatic heterocycles. The van der Waals surface area contributed by atoms with E-state index in [1.807, 2.05) is 30.3 Å². The molecule has 6 aromatic rings. The van der Waals surface area contributed by atoms with Crippen LogP contribution in [0.3, 0.4) is 0 Å². The second-order valence-electron chi connectivity index (χ2n) is 12.8. The van der Waals surface area contributed by atoms with Crippen molar-refractivity contribution in [1.82, 2.24) is 29.0 Å². The van der Waals surface area contributed by atoms with Crippen LogP contribution < -0.4 is 10.1 Å². The monoisotopic (exact) mass is 713 g/mol. The second-order valence-corrected chi connectivity index (χ2v) is 13.6. The standard InChI is InChI=1S/C37H34Cl2FN7O3/c38-26-6-4-25(30(40)17-26)22-50-36-3-1-2-31(44-36)23-8-12-45(13-9-23)21-35-43-32-16-24(5-7-33(32)46(35)20-28-11-15-49-28)37(48)42-27-10-14-47-34(18-27)29(39)19-41-47/h1-7,10,14,16-19,23,28H,8-9,11-13,15,20-22H2,(H,42,48). The lowest BCUT2D eigenvalue weighted by Crippen LogP contribution is -2.35. The summed E-state index contributed by atoms with van der Waals surface area (Å²) in [5.74, 6) is 1.09. The summed E-state index contributed by atoms with van der Waals surface area (Å²) in [6.45, 7) is 4.03. The topological polar surface area (TPSA) is 98.8 Å². The van der Waals surface area contributed by atoms with E-state index < -0.39 is 5.82 Å². The maximum absolute atomic E-state index is 14.2. The van der Waals surface area contributed by atoms with Gasteiger partial charge < -0.3 is 19.4 Å². The molecule has 4 aromatic heterocycles. The zero-order valence-corrected chi connectivity index (χ0v) is 28.6. The van der Waals surface area contributed by atoms with Gasteiger partial charge in [0, 0.05) is 52.3 Å². The molecule has 1 unspecified atom stereocenters. The number of piperidine rings is 1. The molecule has 0 bridgehead atoms. The van der Waals surface area contributed by atoms with Crippen molar-refractivity contribution < 1.29 is 18.7 Å². The van der Waals surface area contributed by atoms with E-state index in [0.29, 0.717) is 44.8 Å². The summed E-state index contributed by atoms with van der Waals surface area (Å²) in [7, 11) is 0. The third kappa shape index (κ3) is 6.91. The van der Waals surface area contributed by atoms with Crippen LogP contribution in [-0.2, 0) is 24.4 Å². The average molecular weight is 715 g/mol. The van der Waals surface area contributed by atoms with Gasteiger partial charge in [-0.3, -0.25) is 9.69 Å². The summed E-state index contributed by atoms with van der Waals surface area (Å²) in [6.07, 6.45) is 6.38. The molecule has 13 heteroatoms. The molecule has 0 radical (unpaired) electrons. The summed E-state index contributed by atoms with van der Waals surface area (Å²) in [5, 5.41) is 8.02. The van der Waals surface area contributed by atoms with Crippen molar-refractivity contribution in [3.8, 4) is 5.88 Å². The molecule has 0 spiro atoms. The number of aromatic nitrogens is 5. The molecule has 8 rings (SSSR count). The highest BCUT2D eigenvalue weighted by molar-refractivity contribution is 6.33. The number of fused-ring (bicyclic) bond motifs is 2. The van der Waals surface area contributed by atoms with Crippen LogP contribution in [0.25, 0.3) is 16.6 Å². The van der Waals surface area contributed by atoms with Gasteiger partial charge in [0.2, 0.25) is 5.88 Å². The number of nitrogens with zero attached hydrogens (tertiary/aromatic N) is 6. The third-order valence-corrected chi connectivity index (χ3v) is 10.0.